The Labute approximate surface area is 71.2 Å². The van der Waals surface area contributed by atoms with Crippen LogP contribution in [0.25, 0.3) is 0 Å². The van der Waals surface area contributed by atoms with E-state index in [1.807, 2.05) is 13.8 Å². The van der Waals surface area contributed by atoms with Gasteiger partial charge in [0.2, 0.25) is 0 Å². The lowest BCUT2D eigenvalue weighted by molar-refractivity contribution is 0.500. The Balaban J connectivity index is 0.000000561. The van der Waals surface area contributed by atoms with Crippen molar-refractivity contribution in [2.45, 2.75) is 13.8 Å². The Morgan fingerprint density at radius 2 is 2.08 bits per heavy atom. The number of rotatable bonds is 1. The fraction of sp³-hybridized carbons (Fsp3) is 0.222. The number of ether oxygens (including phenoxy) is 1. The summed E-state index contributed by atoms with van der Waals surface area (Å²) in [5.74, 6) is -0.185. The summed E-state index contributed by atoms with van der Waals surface area (Å²) in [4.78, 5) is 0. The summed E-state index contributed by atoms with van der Waals surface area (Å²) in [6, 6.07) is 5.40. The Hall–Kier alpha value is -1.56. The molecule has 2 nitrogen and oxygen atoms in total. The molecule has 0 unspecified atom stereocenters. The lowest BCUT2D eigenvalue weighted by Crippen LogP contribution is -1.81. The molecule has 0 bridgehead atoms. The van der Waals surface area contributed by atoms with Crippen molar-refractivity contribution in [3.05, 3.63) is 30.1 Å². The SMILES string of the molecule is CC.N#COc1cccc(F)c1. The van der Waals surface area contributed by atoms with Crippen LogP contribution in [0.3, 0.4) is 0 Å². The monoisotopic (exact) mass is 167 g/mol. The van der Waals surface area contributed by atoms with Crippen LogP contribution in [-0.2, 0) is 0 Å². The van der Waals surface area contributed by atoms with E-state index in [2.05, 4.69) is 4.74 Å². The van der Waals surface area contributed by atoms with Crippen molar-refractivity contribution in [3.63, 3.8) is 0 Å². The van der Waals surface area contributed by atoms with Crippen LogP contribution in [0.15, 0.2) is 24.3 Å². The maximum atomic E-state index is 12.3. The van der Waals surface area contributed by atoms with E-state index in [1.165, 1.54) is 24.5 Å². The molecule has 0 atom stereocenters. The van der Waals surface area contributed by atoms with Crippen LogP contribution in [0.1, 0.15) is 13.8 Å². The molecule has 1 rings (SSSR count). The minimum atomic E-state index is -0.409. The van der Waals surface area contributed by atoms with E-state index in [0.717, 1.165) is 6.07 Å². The highest BCUT2D eigenvalue weighted by molar-refractivity contribution is 5.23. The Kier molecular flexibility index (Phi) is 5.37. The quantitative estimate of drug-likeness (QED) is 0.602. The molecule has 0 N–H and O–H groups in total. The van der Waals surface area contributed by atoms with Crippen molar-refractivity contribution >= 4 is 0 Å². The maximum Gasteiger partial charge on any atom is 0.292 e. The minimum absolute atomic E-state index is 0.225. The molecule has 12 heavy (non-hydrogen) atoms. The van der Waals surface area contributed by atoms with Crippen molar-refractivity contribution in [2.24, 2.45) is 0 Å². The van der Waals surface area contributed by atoms with Crippen molar-refractivity contribution in [1.29, 1.82) is 5.26 Å². The van der Waals surface area contributed by atoms with Gasteiger partial charge in [0, 0.05) is 6.07 Å². The average molecular weight is 167 g/mol. The first-order valence-corrected chi connectivity index (χ1v) is 3.64. The second kappa shape index (κ2) is 6.17. The molecular weight excluding hydrogens is 157 g/mol. The molecule has 1 aromatic carbocycles. The molecule has 0 saturated carbocycles. The third-order valence-corrected chi connectivity index (χ3v) is 0.960. The number of nitrogens with zero attached hydrogens (tertiary/aromatic N) is 1. The zero-order valence-corrected chi connectivity index (χ0v) is 7.04. The van der Waals surface area contributed by atoms with Crippen molar-refractivity contribution in [2.75, 3.05) is 0 Å². The van der Waals surface area contributed by atoms with Crippen LogP contribution in [0.4, 0.5) is 4.39 Å². The van der Waals surface area contributed by atoms with Crippen LogP contribution < -0.4 is 4.74 Å². The van der Waals surface area contributed by atoms with Gasteiger partial charge in [0.05, 0.1) is 0 Å². The molecule has 1 aromatic rings. The highest BCUT2D eigenvalue weighted by atomic mass is 19.1. The van der Waals surface area contributed by atoms with Gasteiger partial charge in [-0.3, -0.25) is 0 Å². The first kappa shape index (κ1) is 10.4. The average Bonchev–Trinajstić information content (AvgIpc) is 2.09. The predicted molar refractivity (Wildman–Crippen MR) is 44.0 cm³/mol. The Morgan fingerprint density at radius 1 is 1.42 bits per heavy atom. The smallest absolute Gasteiger partial charge is 0.292 e. The standard InChI is InChI=1S/C7H4FNO.C2H6/c8-6-2-1-3-7(4-6)10-5-9;1-2/h1-4H;1-2H3. The number of hydrogen-bond donors (Lipinski definition) is 0. The van der Waals surface area contributed by atoms with Gasteiger partial charge in [-0.25, -0.2) is 4.39 Å². The summed E-state index contributed by atoms with van der Waals surface area (Å²) in [5.41, 5.74) is 0. The van der Waals surface area contributed by atoms with Crippen LogP contribution >= 0.6 is 0 Å². The lowest BCUT2D eigenvalue weighted by Gasteiger charge is -1.92. The summed E-state index contributed by atoms with van der Waals surface area (Å²) in [6.45, 7) is 4.00. The van der Waals surface area contributed by atoms with Gasteiger partial charge >= 0.3 is 0 Å². The molecule has 0 aliphatic heterocycles. The van der Waals surface area contributed by atoms with E-state index in [0.29, 0.717) is 0 Å². The number of halogens is 1. The van der Waals surface area contributed by atoms with E-state index in [-0.39, 0.29) is 5.75 Å². The van der Waals surface area contributed by atoms with Crippen LogP contribution in [0, 0.1) is 17.3 Å². The second-order valence-electron chi connectivity index (χ2n) is 1.65. The van der Waals surface area contributed by atoms with Gasteiger partial charge in [0.1, 0.15) is 11.6 Å². The van der Waals surface area contributed by atoms with Gasteiger partial charge < -0.3 is 4.74 Å². The van der Waals surface area contributed by atoms with Crippen molar-refractivity contribution < 1.29 is 9.13 Å². The third-order valence-electron chi connectivity index (χ3n) is 0.960. The van der Waals surface area contributed by atoms with Crippen LogP contribution in [-0.4, -0.2) is 0 Å². The zero-order valence-electron chi connectivity index (χ0n) is 7.04. The van der Waals surface area contributed by atoms with Crippen molar-refractivity contribution in [3.8, 4) is 12.0 Å². The zero-order chi connectivity index (χ0) is 9.40. The van der Waals surface area contributed by atoms with Gasteiger partial charge in [-0.15, -0.1) is 5.26 Å². The van der Waals surface area contributed by atoms with Crippen LogP contribution in [0.2, 0.25) is 0 Å². The van der Waals surface area contributed by atoms with E-state index in [1.54, 1.807) is 0 Å². The molecule has 0 aliphatic carbocycles. The number of nitriles is 1. The summed E-state index contributed by atoms with van der Waals surface area (Å²) in [7, 11) is 0. The normalized spacial score (nSPS) is 7.50. The molecule has 0 saturated heterocycles. The van der Waals surface area contributed by atoms with Gasteiger partial charge in [-0.1, -0.05) is 19.9 Å². The topological polar surface area (TPSA) is 33.0 Å². The predicted octanol–water partition coefficient (Wildman–Crippen LogP) is 2.71. The number of hydrogen-bond acceptors (Lipinski definition) is 2. The number of benzene rings is 1. The molecular formula is C9H10FNO. The van der Waals surface area contributed by atoms with E-state index in [9.17, 15) is 4.39 Å². The molecule has 64 valence electrons. The highest BCUT2D eigenvalue weighted by Gasteiger charge is 1.92. The second-order valence-corrected chi connectivity index (χ2v) is 1.65. The first-order valence-electron chi connectivity index (χ1n) is 3.64. The van der Waals surface area contributed by atoms with Gasteiger partial charge in [-0.05, 0) is 12.1 Å². The summed E-state index contributed by atoms with van der Waals surface area (Å²) >= 11 is 0. The Morgan fingerprint density at radius 3 is 2.58 bits per heavy atom. The maximum absolute atomic E-state index is 12.3. The lowest BCUT2D eigenvalue weighted by atomic mass is 10.3. The first-order chi connectivity index (χ1) is 5.83. The van der Waals surface area contributed by atoms with Gasteiger partial charge in [0.15, 0.2) is 0 Å². The Bertz CT molecular complexity index is 267. The summed E-state index contributed by atoms with van der Waals surface area (Å²) < 4.78 is 16.7. The van der Waals surface area contributed by atoms with E-state index in [4.69, 9.17) is 5.26 Å². The minimum Gasteiger partial charge on any atom is -0.388 e. The fourth-order valence-electron chi connectivity index (χ4n) is 0.583. The highest BCUT2D eigenvalue weighted by Crippen LogP contribution is 2.10. The molecule has 0 aromatic heterocycles. The molecule has 0 aliphatic rings. The van der Waals surface area contributed by atoms with Gasteiger partial charge in [-0.2, -0.15) is 0 Å². The molecule has 0 fully saturated rings. The molecule has 0 amide bonds. The largest absolute Gasteiger partial charge is 0.388 e. The van der Waals surface area contributed by atoms with E-state index < -0.39 is 5.82 Å². The van der Waals surface area contributed by atoms with Gasteiger partial charge in [0.25, 0.3) is 6.26 Å². The van der Waals surface area contributed by atoms with Crippen molar-refractivity contribution in [1.82, 2.24) is 0 Å². The van der Waals surface area contributed by atoms with E-state index >= 15 is 0 Å². The summed E-state index contributed by atoms with van der Waals surface area (Å²) in [5, 5.41) is 8.02. The summed E-state index contributed by atoms with van der Waals surface area (Å²) in [6.07, 6.45) is 1.44. The fourth-order valence-corrected chi connectivity index (χ4v) is 0.583. The molecule has 0 spiro atoms. The molecule has 0 radical (unpaired) electrons. The third kappa shape index (κ3) is 3.57. The molecule has 0 heterocycles. The van der Waals surface area contributed by atoms with Crippen LogP contribution in [0.5, 0.6) is 5.75 Å². The molecule has 3 heteroatoms.